The molecule has 0 aliphatic heterocycles. The van der Waals surface area contributed by atoms with Gasteiger partial charge in [0.2, 0.25) is 0 Å². The Morgan fingerprint density at radius 2 is 2.19 bits per heavy atom. The van der Waals surface area contributed by atoms with E-state index in [4.69, 9.17) is 10.5 Å². The smallest absolute Gasteiger partial charge is 0.135 e. The maximum atomic E-state index is 10.3. The van der Waals surface area contributed by atoms with Gasteiger partial charge in [0.15, 0.2) is 0 Å². The number of methoxy groups -OCH3 is 1. The molecule has 0 aromatic carbocycles. The molecule has 2 atom stereocenters. The van der Waals surface area contributed by atoms with E-state index in [0.29, 0.717) is 12.5 Å². The summed E-state index contributed by atoms with van der Waals surface area (Å²) in [7, 11) is 1.62. The minimum atomic E-state index is -0.512. The van der Waals surface area contributed by atoms with Gasteiger partial charge in [-0.15, -0.1) is 11.3 Å². The van der Waals surface area contributed by atoms with Gasteiger partial charge in [0.25, 0.3) is 0 Å². The summed E-state index contributed by atoms with van der Waals surface area (Å²) in [5.74, 6) is 1.40. The largest absolute Gasteiger partial charge is 0.495 e. The van der Waals surface area contributed by atoms with Crippen LogP contribution in [-0.4, -0.2) is 18.8 Å². The van der Waals surface area contributed by atoms with Gasteiger partial charge >= 0.3 is 0 Å². The first-order valence-electron chi connectivity index (χ1n) is 5.59. The lowest BCUT2D eigenvalue weighted by Gasteiger charge is -2.22. The van der Waals surface area contributed by atoms with Crippen molar-refractivity contribution in [3.63, 3.8) is 0 Å². The van der Waals surface area contributed by atoms with Crippen LogP contribution in [0.5, 0.6) is 5.75 Å². The highest BCUT2D eigenvalue weighted by atomic mass is 32.1. The molecule has 1 heterocycles. The van der Waals surface area contributed by atoms with Gasteiger partial charge in [-0.2, -0.15) is 0 Å². The van der Waals surface area contributed by atoms with Crippen molar-refractivity contribution in [1.29, 1.82) is 0 Å². The second-order valence-corrected chi connectivity index (χ2v) is 5.37. The molecule has 0 aliphatic carbocycles. The molecule has 1 rings (SSSR count). The van der Waals surface area contributed by atoms with Crippen molar-refractivity contribution in [1.82, 2.24) is 0 Å². The molecule has 0 aliphatic rings. The van der Waals surface area contributed by atoms with E-state index >= 15 is 0 Å². The van der Waals surface area contributed by atoms with Gasteiger partial charge in [-0.3, -0.25) is 0 Å². The number of aliphatic hydroxyl groups is 1. The molecule has 2 unspecified atom stereocenters. The summed E-state index contributed by atoms with van der Waals surface area (Å²) in [4.78, 5) is 0.888. The van der Waals surface area contributed by atoms with Crippen molar-refractivity contribution in [2.24, 2.45) is 17.6 Å². The number of ether oxygens (including phenoxy) is 1. The predicted octanol–water partition coefficient (Wildman–Crippen LogP) is 2.41. The minimum absolute atomic E-state index is 0.104. The van der Waals surface area contributed by atoms with Crippen LogP contribution in [0.15, 0.2) is 11.4 Å². The first-order chi connectivity index (χ1) is 7.60. The molecule has 0 fully saturated rings. The third-order valence-corrected chi connectivity index (χ3v) is 3.64. The first kappa shape index (κ1) is 13.5. The van der Waals surface area contributed by atoms with Crippen molar-refractivity contribution in [2.45, 2.75) is 26.4 Å². The molecule has 16 heavy (non-hydrogen) atoms. The topological polar surface area (TPSA) is 55.5 Å². The lowest BCUT2D eigenvalue weighted by molar-refractivity contribution is 0.100. The molecule has 0 saturated carbocycles. The Morgan fingerprint density at radius 3 is 2.69 bits per heavy atom. The molecule has 3 N–H and O–H groups in total. The van der Waals surface area contributed by atoms with Crippen molar-refractivity contribution in [3.05, 3.63) is 16.3 Å². The molecule has 0 radical (unpaired) electrons. The average molecular weight is 243 g/mol. The van der Waals surface area contributed by atoms with Crippen LogP contribution in [0.3, 0.4) is 0 Å². The summed E-state index contributed by atoms with van der Waals surface area (Å²) < 4.78 is 5.22. The summed E-state index contributed by atoms with van der Waals surface area (Å²) in [6, 6.07) is 1.88. The maximum absolute atomic E-state index is 10.3. The molecular formula is C12H21NO2S. The van der Waals surface area contributed by atoms with Crippen LogP contribution in [-0.2, 0) is 0 Å². The Bertz CT molecular complexity index is 312. The van der Waals surface area contributed by atoms with Crippen LogP contribution in [0.1, 0.15) is 31.2 Å². The molecule has 0 bridgehead atoms. The zero-order valence-corrected chi connectivity index (χ0v) is 11.0. The minimum Gasteiger partial charge on any atom is -0.495 e. The highest BCUT2D eigenvalue weighted by Crippen LogP contribution is 2.36. The van der Waals surface area contributed by atoms with Crippen LogP contribution in [0.25, 0.3) is 0 Å². The van der Waals surface area contributed by atoms with Crippen molar-refractivity contribution < 1.29 is 9.84 Å². The Balaban J connectivity index is 2.78. The van der Waals surface area contributed by atoms with Crippen LogP contribution < -0.4 is 10.5 Å². The Morgan fingerprint density at radius 1 is 1.50 bits per heavy atom. The Labute approximate surface area is 101 Å². The molecule has 92 valence electrons. The second kappa shape index (κ2) is 6.23. The van der Waals surface area contributed by atoms with Crippen molar-refractivity contribution in [2.75, 3.05) is 13.7 Å². The highest BCUT2D eigenvalue weighted by Gasteiger charge is 2.24. The van der Waals surface area contributed by atoms with Crippen molar-refractivity contribution in [3.8, 4) is 5.75 Å². The predicted molar refractivity (Wildman–Crippen MR) is 67.8 cm³/mol. The molecule has 0 amide bonds. The third kappa shape index (κ3) is 3.20. The highest BCUT2D eigenvalue weighted by molar-refractivity contribution is 7.10. The van der Waals surface area contributed by atoms with Gasteiger partial charge in [-0.25, -0.2) is 0 Å². The fourth-order valence-electron chi connectivity index (χ4n) is 1.87. The van der Waals surface area contributed by atoms with Gasteiger partial charge < -0.3 is 15.6 Å². The second-order valence-electron chi connectivity index (χ2n) is 4.42. The maximum Gasteiger partial charge on any atom is 0.135 e. The van der Waals surface area contributed by atoms with E-state index in [9.17, 15) is 5.11 Å². The molecule has 4 heteroatoms. The standard InChI is InChI=1S/C12H21NO2S/c1-8(2)6-9(7-13)11(14)12-10(15-3)4-5-16-12/h4-5,8-9,11,14H,6-7,13H2,1-3H3. The number of rotatable bonds is 6. The first-order valence-corrected chi connectivity index (χ1v) is 6.47. The Kier molecular flexibility index (Phi) is 5.25. The number of hydrogen-bond donors (Lipinski definition) is 2. The van der Waals surface area contributed by atoms with Gasteiger partial charge in [0.1, 0.15) is 5.75 Å². The van der Waals surface area contributed by atoms with E-state index in [2.05, 4.69) is 13.8 Å². The van der Waals surface area contributed by atoms with Gasteiger partial charge in [-0.05, 0) is 30.3 Å². The monoisotopic (exact) mass is 243 g/mol. The summed E-state index contributed by atoms with van der Waals surface area (Å²) in [6.45, 7) is 4.78. The molecule has 3 nitrogen and oxygen atoms in total. The van der Waals surface area contributed by atoms with E-state index in [0.717, 1.165) is 17.0 Å². The molecule has 1 aromatic rings. The van der Waals surface area contributed by atoms with Crippen LogP contribution in [0.2, 0.25) is 0 Å². The molecule has 1 aromatic heterocycles. The number of nitrogens with two attached hydrogens (primary N) is 1. The summed E-state index contributed by atoms with van der Waals surface area (Å²) in [5.41, 5.74) is 5.72. The fraction of sp³-hybridized carbons (Fsp3) is 0.667. The fourth-order valence-corrected chi connectivity index (χ4v) is 2.80. The van der Waals surface area contributed by atoms with Crippen molar-refractivity contribution >= 4 is 11.3 Å². The SMILES string of the molecule is COc1ccsc1C(O)C(CN)CC(C)C. The lowest BCUT2D eigenvalue weighted by Crippen LogP contribution is -2.23. The quantitative estimate of drug-likeness (QED) is 0.806. The lowest BCUT2D eigenvalue weighted by atomic mass is 9.91. The summed E-state index contributed by atoms with van der Waals surface area (Å²) >= 11 is 1.52. The normalized spacial score (nSPS) is 15.1. The number of hydrogen-bond acceptors (Lipinski definition) is 4. The zero-order chi connectivity index (χ0) is 12.1. The van der Waals surface area contributed by atoms with Gasteiger partial charge in [0, 0.05) is 5.92 Å². The van der Waals surface area contributed by atoms with E-state index in [1.807, 2.05) is 11.4 Å². The van der Waals surface area contributed by atoms with Gasteiger partial charge in [-0.1, -0.05) is 13.8 Å². The van der Waals surface area contributed by atoms with Gasteiger partial charge in [0.05, 0.1) is 18.1 Å². The van der Waals surface area contributed by atoms with E-state index in [1.54, 1.807) is 7.11 Å². The average Bonchev–Trinajstić information content (AvgIpc) is 2.72. The van der Waals surface area contributed by atoms with E-state index < -0.39 is 6.10 Å². The Hall–Kier alpha value is -0.580. The van der Waals surface area contributed by atoms with E-state index in [1.165, 1.54) is 11.3 Å². The number of thiophene rings is 1. The van der Waals surface area contributed by atoms with E-state index in [-0.39, 0.29) is 5.92 Å². The molecular weight excluding hydrogens is 222 g/mol. The molecule has 0 saturated heterocycles. The molecule has 0 spiro atoms. The summed E-state index contributed by atoms with van der Waals surface area (Å²) in [6.07, 6.45) is 0.418. The van der Waals surface area contributed by atoms with Crippen LogP contribution in [0, 0.1) is 11.8 Å². The third-order valence-electron chi connectivity index (χ3n) is 2.67. The zero-order valence-electron chi connectivity index (χ0n) is 10.1. The number of aliphatic hydroxyl groups excluding tert-OH is 1. The summed E-state index contributed by atoms with van der Waals surface area (Å²) in [5, 5.41) is 12.2. The van der Waals surface area contributed by atoms with Crippen LogP contribution in [0.4, 0.5) is 0 Å². The van der Waals surface area contributed by atoms with Crippen LogP contribution >= 0.6 is 11.3 Å².